The molecule has 0 aromatic heterocycles. The van der Waals surface area contributed by atoms with Gasteiger partial charge in [-0.05, 0) is 92.9 Å². The van der Waals surface area contributed by atoms with Gasteiger partial charge in [0.15, 0.2) is 0 Å². The van der Waals surface area contributed by atoms with Crippen LogP contribution in [0.3, 0.4) is 0 Å². The highest BCUT2D eigenvalue weighted by Crippen LogP contribution is 2.47. The van der Waals surface area contributed by atoms with Crippen molar-refractivity contribution in [2.75, 3.05) is 26.9 Å². The van der Waals surface area contributed by atoms with E-state index in [9.17, 15) is 4.79 Å². The fourth-order valence-corrected chi connectivity index (χ4v) is 4.46. The Morgan fingerprint density at radius 3 is 2.07 bits per heavy atom. The zero-order valence-corrected chi connectivity index (χ0v) is 20.7. The Bertz CT molecular complexity index is 524. The maximum atomic E-state index is 13.2. The van der Waals surface area contributed by atoms with E-state index in [1.54, 1.807) is 0 Å². The van der Waals surface area contributed by atoms with Crippen molar-refractivity contribution in [1.82, 2.24) is 4.90 Å². The summed E-state index contributed by atoms with van der Waals surface area (Å²) in [6.07, 6.45) is 9.48. The third-order valence-corrected chi connectivity index (χ3v) is 6.38. The number of carbonyl (C=O) groups excluding carboxylic acids is 1. The second-order valence-electron chi connectivity index (χ2n) is 11.4. The molecule has 0 aliphatic heterocycles. The Hall–Kier alpha value is -0.650. The first-order valence-corrected chi connectivity index (χ1v) is 12.1. The fraction of sp³-hybridized carbons (Fsp3) is 0.960. The van der Waals surface area contributed by atoms with Crippen molar-refractivity contribution in [2.24, 2.45) is 5.41 Å². The molecule has 2 aliphatic carbocycles. The van der Waals surface area contributed by atoms with Crippen LogP contribution in [0.2, 0.25) is 0 Å². The van der Waals surface area contributed by atoms with Gasteiger partial charge in [-0.2, -0.15) is 0 Å². The molecule has 0 bridgehead atoms. The van der Waals surface area contributed by atoms with Gasteiger partial charge in [0.25, 0.3) is 0 Å². The lowest BCUT2D eigenvalue weighted by atomic mass is 9.64. The number of ether oxygens (including phenoxy) is 3. The van der Waals surface area contributed by atoms with Crippen molar-refractivity contribution in [3.05, 3.63) is 0 Å². The molecule has 0 unspecified atom stereocenters. The van der Waals surface area contributed by atoms with Crippen molar-refractivity contribution in [3.8, 4) is 0 Å². The molecule has 0 spiro atoms. The van der Waals surface area contributed by atoms with E-state index >= 15 is 0 Å². The van der Waals surface area contributed by atoms with Crippen LogP contribution in [0.4, 0.5) is 0 Å². The van der Waals surface area contributed by atoms with E-state index in [2.05, 4.69) is 41.5 Å². The van der Waals surface area contributed by atoms with E-state index in [1.165, 1.54) is 6.42 Å². The molecule has 0 saturated heterocycles. The number of unbranched alkanes of at least 4 members (excludes halogenated alkanes) is 1. The van der Waals surface area contributed by atoms with Crippen LogP contribution < -0.4 is 0 Å². The quantitative estimate of drug-likeness (QED) is 0.395. The Morgan fingerprint density at radius 2 is 1.53 bits per heavy atom. The third kappa shape index (κ3) is 8.12. The van der Waals surface area contributed by atoms with Crippen molar-refractivity contribution in [3.63, 3.8) is 0 Å². The molecule has 0 aromatic rings. The van der Waals surface area contributed by atoms with Crippen LogP contribution in [0.5, 0.6) is 0 Å². The number of rotatable bonds is 12. The third-order valence-electron chi connectivity index (χ3n) is 6.38. The van der Waals surface area contributed by atoms with E-state index in [-0.39, 0.29) is 16.6 Å². The summed E-state index contributed by atoms with van der Waals surface area (Å²) in [5.74, 6) is 0.354. The molecule has 1 amide bonds. The largest absolute Gasteiger partial charge is 0.381 e. The minimum atomic E-state index is -0.130. The van der Waals surface area contributed by atoms with Gasteiger partial charge in [-0.3, -0.25) is 4.79 Å². The maximum absolute atomic E-state index is 13.2. The average molecular weight is 426 g/mol. The van der Waals surface area contributed by atoms with Crippen LogP contribution in [0, 0.1) is 5.41 Å². The Kier molecular flexibility index (Phi) is 9.20. The molecule has 0 heterocycles. The van der Waals surface area contributed by atoms with Gasteiger partial charge in [0.05, 0.1) is 17.3 Å². The monoisotopic (exact) mass is 425 g/mol. The summed E-state index contributed by atoms with van der Waals surface area (Å²) in [5, 5.41) is 0. The highest BCUT2D eigenvalue weighted by molar-refractivity contribution is 5.83. The van der Waals surface area contributed by atoms with Crippen molar-refractivity contribution < 1.29 is 19.0 Å². The van der Waals surface area contributed by atoms with Crippen LogP contribution in [0.25, 0.3) is 0 Å². The summed E-state index contributed by atoms with van der Waals surface area (Å²) in [6, 6.07) is 0.342. The first-order valence-electron chi connectivity index (χ1n) is 12.1. The van der Waals surface area contributed by atoms with Gasteiger partial charge >= 0.3 is 0 Å². The normalized spacial score (nSPS) is 23.6. The predicted octanol–water partition coefficient (Wildman–Crippen LogP) is 5.35. The summed E-state index contributed by atoms with van der Waals surface area (Å²) in [6.45, 7) is 14.9. The average Bonchev–Trinajstić information content (AvgIpc) is 2.55. The minimum Gasteiger partial charge on any atom is -0.381 e. The van der Waals surface area contributed by atoms with Crippen LogP contribution in [0.15, 0.2) is 0 Å². The topological polar surface area (TPSA) is 48.0 Å². The highest BCUT2D eigenvalue weighted by atomic mass is 16.5. The fourth-order valence-electron chi connectivity index (χ4n) is 4.46. The Morgan fingerprint density at radius 1 is 0.933 bits per heavy atom. The molecule has 2 fully saturated rings. The zero-order chi connectivity index (χ0) is 22.4. The van der Waals surface area contributed by atoms with Crippen molar-refractivity contribution in [1.29, 1.82) is 0 Å². The molecule has 2 rings (SSSR count). The smallest absolute Gasteiger partial charge is 0.228 e. The van der Waals surface area contributed by atoms with Crippen LogP contribution in [-0.2, 0) is 19.0 Å². The Balaban J connectivity index is 1.61. The van der Waals surface area contributed by atoms with Gasteiger partial charge in [0.1, 0.15) is 0 Å². The molecule has 5 heteroatoms. The first-order chi connectivity index (χ1) is 13.9. The van der Waals surface area contributed by atoms with Crippen LogP contribution in [-0.4, -0.2) is 61.0 Å². The predicted molar refractivity (Wildman–Crippen MR) is 122 cm³/mol. The van der Waals surface area contributed by atoms with E-state index in [0.717, 1.165) is 71.2 Å². The van der Waals surface area contributed by atoms with Gasteiger partial charge in [-0.25, -0.2) is 0 Å². The van der Waals surface area contributed by atoms with Gasteiger partial charge in [0, 0.05) is 38.3 Å². The molecule has 176 valence electrons. The number of hydrogen-bond donors (Lipinski definition) is 0. The lowest BCUT2D eigenvalue weighted by Gasteiger charge is -2.49. The maximum Gasteiger partial charge on any atom is 0.228 e. The molecule has 5 nitrogen and oxygen atoms in total. The zero-order valence-electron chi connectivity index (χ0n) is 20.7. The molecule has 0 radical (unpaired) electrons. The van der Waals surface area contributed by atoms with E-state index in [1.807, 2.05) is 11.9 Å². The standard InChI is InChI=1S/C25H47NO4/c1-23(2,3)29-17-9-8-15-28-16-11-14-25(12-10-13-25)22(27)26(7)20-18-21(19-20)30-24(4,5)6/h20-21H,8-19H2,1-7H3. The van der Waals surface area contributed by atoms with Crippen molar-refractivity contribution in [2.45, 2.75) is 123 Å². The summed E-state index contributed by atoms with van der Waals surface area (Å²) in [7, 11) is 2.00. The van der Waals surface area contributed by atoms with E-state index in [4.69, 9.17) is 14.2 Å². The molecule has 30 heavy (non-hydrogen) atoms. The van der Waals surface area contributed by atoms with Gasteiger partial charge < -0.3 is 19.1 Å². The second-order valence-corrected chi connectivity index (χ2v) is 11.4. The highest BCUT2D eigenvalue weighted by Gasteiger charge is 2.48. The molecular weight excluding hydrogens is 378 g/mol. The Labute approximate surface area is 185 Å². The van der Waals surface area contributed by atoms with E-state index in [0.29, 0.717) is 18.1 Å². The SMILES string of the molecule is CN(C(=O)C1(CCCOCCCCOC(C)(C)C)CCC1)C1CC(OC(C)(C)C)C1. The summed E-state index contributed by atoms with van der Waals surface area (Å²) >= 11 is 0. The number of amides is 1. The van der Waals surface area contributed by atoms with Crippen LogP contribution in [0.1, 0.15) is 99.3 Å². The number of carbonyl (C=O) groups is 1. The molecule has 0 N–H and O–H groups in total. The molecule has 2 aliphatic rings. The van der Waals surface area contributed by atoms with Crippen molar-refractivity contribution >= 4 is 5.91 Å². The van der Waals surface area contributed by atoms with Gasteiger partial charge in [-0.1, -0.05) is 6.42 Å². The summed E-state index contributed by atoms with van der Waals surface area (Å²) < 4.78 is 17.6. The molecular formula is C25H47NO4. The molecule has 0 aromatic carbocycles. The summed E-state index contributed by atoms with van der Waals surface area (Å²) in [4.78, 5) is 15.2. The second kappa shape index (κ2) is 10.8. The van der Waals surface area contributed by atoms with Gasteiger partial charge in [0.2, 0.25) is 5.91 Å². The first kappa shape index (κ1) is 25.6. The molecule has 0 atom stereocenters. The lowest BCUT2D eigenvalue weighted by molar-refractivity contribution is -0.159. The molecule has 2 saturated carbocycles. The summed E-state index contributed by atoms with van der Waals surface area (Å²) in [5.41, 5.74) is -0.292. The number of nitrogens with zero attached hydrogens (tertiary/aromatic N) is 1. The lowest BCUT2D eigenvalue weighted by Crippen LogP contribution is -2.55. The van der Waals surface area contributed by atoms with E-state index < -0.39 is 0 Å². The van der Waals surface area contributed by atoms with Gasteiger partial charge in [-0.15, -0.1) is 0 Å². The minimum absolute atomic E-state index is 0.0579. The van der Waals surface area contributed by atoms with Crippen LogP contribution >= 0.6 is 0 Å². The number of hydrogen-bond acceptors (Lipinski definition) is 4.